The van der Waals surface area contributed by atoms with Crippen LogP contribution < -0.4 is 0 Å². The summed E-state index contributed by atoms with van der Waals surface area (Å²) in [4.78, 5) is 0. The van der Waals surface area contributed by atoms with Gasteiger partial charge in [-0.2, -0.15) is 5.10 Å². The van der Waals surface area contributed by atoms with Crippen molar-refractivity contribution in [2.24, 2.45) is 7.05 Å². The normalized spacial score (nSPS) is 10.7. The van der Waals surface area contributed by atoms with Crippen LogP contribution in [-0.4, -0.2) is 14.8 Å². The summed E-state index contributed by atoms with van der Waals surface area (Å²) in [6, 6.07) is 4.07. The summed E-state index contributed by atoms with van der Waals surface area (Å²) in [5, 5.41) is 8.98. The van der Waals surface area contributed by atoms with Crippen molar-refractivity contribution in [3.8, 4) is 0 Å². The van der Waals surface area contributed by atoms with E-state index in [-0.39, 0.29) is 0 Å². The highest BCUT2D eigenvalue weighted by Crippen LogP contribution is 2.13. The zero-order valence-electron chi connectivity index (χ0n) is 6.57. The molecule has 0 saturated heterocycles. The molecule has 0 aromatic carbocycles. The number of nitrogens with zero attached hydrogens (tertiary/aromatic N) is 3. The fourth-order valence-corrected chi connectivity index (χ4v) is 1.20. The predicted molar refractivity (Wildman–Crippen MR) is 43.2 cm³/mol. The van der Waals surface area contributed by atoms with Gasteiger partial charge in [-0.15, -0.1) is 5.10 Å². The van der Waals surface area contributed by atoms with Crippen LogP contribution in [0.25, 0.3) is 11.0 Å². The Morgan fingerprint density at radius 3 is 3.00 bits per heavy atom. The van der Waals surface area contributed by atoms with Gasteiger partial charge >= 0.3 is 0 Å². The molecule has 56 valence electrons. The lowest BCUT2D eigenvalue weighted by molar-refractivity contribution is 0.881. The Hall–Kier alpha value is -1.38. The monoisotopic (exact) mass is 147 g/mol. The number of aromatic nitrogens is 3. The Labute approximate surface area is 64.7 Å². The second kappa shape index (κ2) is 2.05. The van der Waals surface area contributed by atoms with Gasteiger partial charge in [0.1, 0.15) is 0 Å². The minimum Gasteiger partial charge on any atom is -0.332 e. The third kappa shape index (κ3) is 0.808. The molecule has 3 heteroatoms. The van der Waals surface area contributed by atoms with Crippen molar-refractivity contribution in [3.05, 3.63) is 24.0 Å². The first-order chi connectivity index (χ1) is 5.29. The van der Waals surface area contributed by atoms with Gasteiger partial charge in [-0.25, -0.2) is 0 Å². The Balaban J connectivity index is 2.92. The largest absolute Gasteiger partial charge is 0.332 e. The molecule has 0 saturated carbocycles. The summed E-state index contributed by atoms with van der Waals surface area (Å²) in [5.74, 6) is 0. The first-order valence-corrected chi connectivity index (χ1v) is 3.53. The standard InChI is InChI=1S/C8H9N3/c1-6-5-7-3-4-9-10-8(7)11(6)2/h3-5H,1-2H3. The molecule has 3 nitrogen and oxygen atoms in total. The Morgan fingerprint density at radius 2 is 2.27 bits per heavy atom. The van der Waals surface area contributed by atoms with Crippen LogP contribution >= 0.6 is 0 Å². The van der Waals surface area contributed by atoms with Crippen LogP contribution in [0.1, 0.15) is 5.69 Å². The Bertz CT molecular complexity index is 389. The van der Waals surface area contributed by atoms with Crippen molar-refractivity contribution in [3.63, 3.8) is 0 Å². The lowest BCUT2D eigenvalue weighted by atomic mass is 10.3. The predicted octanol–water partition coefficient (Wildman–Crippen LogP) is 1.28. The summed E-state index contributed by atoms with van der Waals surface area (Å²) in [6.07, 6.45) is 1.71. The van der Waals surface area contributed by atoms with Gasteiger partial charge < -0.3 is 4.57 Å². The van der Waals surface area contributed by atoms with Crippen LogP contribution in [0.4, 0.5) is 0 Å². The zero-order chi connectivity index (χ0) is 7.84. The van der Waals surface area contributed by atoms with Crippen LogP contribution in [0.5, 0.6) is 0 Å². The van der Waals surface area contributed by atoms with E-state index in [1.165, 1.54) is 5.69 Å². The average molecular weight is 147 g/mol. The molecule has 0 atom stereocenters. The lowest BCUT2D eigenvalue weighted by Gasteiger charge is -1.94. The first-order valence-electron chi connectivity index (χ1n) is 3.53. The molecular weight excluding hydrogens is 138 g/mol. The molecule has 2 heterocycles. The minimum atomic E-state index is 0.949. The van der Waals surface area contributed by atoms with Crippen molar-refractivity contribution in [1.82, 2.24) is 14.8 Å². The molecule has 2 aromatic heterocycles. The SMILES string of the molecule is Cc1cc2ccnnc2n1C. The molecule has 11 heavy (non-hydrogen) atoms. The van der Waals surface area contributed by atoms with Crippen LogP contribution in [-0.2, 0) is 7.05 Å². The number of hydrogen-bond donors (Lipinski definition) is 0. The van der Waals surface area contributed by atoms with E-state index >= 15 is 0 Å². The van der Waals surface area contributed by atoms with Crippen molar-refractivity contribution in [1.29, 1.82) is 0 Å². The van der Waals surface area contributed by atoms with Crippen molar-refractivity contribution >= 4 is 11.0 Å². The number of hydrogen-bond acceptors (Lipinski definition) is 2. The smallest absolute Gasteiger partial charge is 0.162 e. The summed E-state index contributed by atoms with van der Waals surface area (Å²) >= 11 is 0. The van der Waals surface area contributed by atoms with E-state index < -0.39 is 0 Å². The van der Waals surface area contributed by atoms with E-state index in [0.29, 0.717) is 0 Å². The molecule has 0 fully saturated rings. The van der Waals surface area contributed by atoms with Crippen LogP contribution in [0.3, 0.4) is 0 Å². The minimum absolute atomic E-state index is 0.949. The molecule has 0 bridgehead atoms. The summed E-state index contributed by atoms with van der Waals surface area (Å²) in [6.45, 7) is 2.06. The first kappa shape index (κ1) is 6.34. The van der Waals surface area contributed by atoms with Crippen LogP contribution in [0.15, 0.2) is 18.3 Å². The van der Waals surface area contributed by atoms with E-state index in [9.17, 15) is 0 Å². The molecule has 0 unspecified atom stereocenters. The van der Waals surface area contributed by atoms with Crippen molar-refractivity contribution in [2.75, 3.05) is 0 Å². The number of rotatable bonds is 0. The van der Waals surface area contributed by atoms with E-state index in [0.717, 1.165) is 11.0 Å². The topological polar surface area (TPSA) is 30.7 Å². The molecule has 0 spiro atoms. The quantitative estimate of drug-likeness (QED) is 0.562. The molecule has 0 aliphatic carbocycles. The molecule has 0 aliphatic rings. The molecule has 0 radical (unpaired) electrons. The molecule has 0 aliphatic heterocycles. The number of aryl methyl sites for hydroxylation is 2. The Morgan fingerprint density at radius 1 is 1.45 bits per heavy atom. The maximum Gasteiger partial charge on any atom is 0.162 e. The van der Waals surface area contributed by atoms with Crippen LogP contribution in [0, 0.1) is 6.92 Å². The molecule has 2 aromatic rings. The van der Waals surface area contributed by atoms with Gasteiger partial charge in [-0.3, -0.25) is 0 Å². The maximum absolute atomic E-state index is 4.01. The third-order valence-corrected chi connectivity index (χ3v) is 1.94. The highest BCUT2D eigenvalue weighted by atomic mass is 15.2. The molecular formula is C8H9N3. The summed E-state index contributed by atoms with van der Waals surface area (Å²) < 4.78 is 2.03. The van der Waals surface area contributed by atoms with E-state index in [2.05, 4.69) is 23.2 Å². The van der Waals surface area contributed by atoms with E-state index in [1.54, 1.807) is 6.20 Å². The fraction of sp³-hybridized carbons (Fsp3) is 0.250. The summed E-state index contributed by atoms with van der Waals surface area (Å²) in [5.41, 5.74) is 2.16. The van der Waals surface area contributed by atoms with Gasteiger partial charge in [0.05, 0.1) is 6.20 Å². The van der Waals surface area contributed by atoms with Gasteiger partial charge in [-0.05, 0) is 19.1 Å². The fourth-order valence-electron chi connectivity index (χ4n) is 1.20. The van der Waals surface area contributed by atoms with E-state index in [1.807, 2.05) is 17.7 Å². The lowest BCUT2D eigenvalue weighted by Crippen LogP contribution is -1.92. The van der Waals surface area contributed by atoms with Gasteiger partial charge in [0, 0.05) is 18.1 Å². The maximum atomic E-state index is 4.01. The van der Waals surface area contributed by atoms with Crippen molar-refractivity contribution in [2.45, 2.75) is 6.92 Å². The van der Waals surface area contributed by atoms with Gasteiger partial charge in [0.2, 0.25) is 0 Å². The average Bonchev–Trinajstić information content (AvgIpc) is 2.30. The third-order valence-electron chi connectivity index (χ3n) is 1.94. The number of fused-ring (bicyclic) bond motifs is 1. The highest BCUT2D eigenvalue weighted by molar-refractivity contribution is 5.76. The van der Waals surface area contributed by atoms with Gasteiger partial charge in [0.25, 0.3) is 0 Å². The zero-order valence-corrected chi connectivity index (χ0v) is 6.57. The van der Waals surface area contributed by atoms with Crippen LogP contribution in [0.2, 0.25) is 0 Å². The summed E-state index contributed by atoms with van der Waals surface area (Å²) in [7, 11) is 1.99. The van der Waals surface area contributed by atoms with Gasteiger partial charge in [0.15, 0.2) is 5.65 Å². The molecule has 0 N–H and O–H groups in total. The Kier molecular flexibility index (Phi) is 1.18. The highest BCUT2D eigenvalue weighted by Gasteiger charge is 2.00. The second-order valence-electron chi connectivity index (χ2n) is 2.65. The van der Waals surface area contributed by atoms with Gasteiger partial charge in [-0.1, -0.05) is 0 Å². The molecule has 2 rings (SSSR count). The second-order valence-corrected chi connectivity index (χ2v) is 2.65. The van der Waals surface area contributed by atoms with Crippen molar-refractivity contribution < 1.29 is 0 Å². The molecule has 0 amide bonds. The van der Waals surface area contributed by atoms with E-state index in [4.69, 9.17) is 0 Å².